The summed E-state index contributed by atoms with van der Waals surface area (Å²) in [6.45, 7) is 4.65. The molecule has 35 heavy (non-hydrogen) atoms. The molecule has 0 amide bonds. The van der Waals surface area contributed by atoms with E-state index in [1.165, 1.54) is 24.1 Å². The summed E-state index contributed by atoms with van der Waals surface area (Å²) in [5, 5.41) is 18.0. The van der Waals surface area contributed by atoms with Gasteiger partial charge in [0, 0.05) is 25.6 Å². The van der Waals surface area contributed by atoms with E-state index >= 15 is 4.39 Å². The van der Waals surface area contributed by atoms with E-state index in [2.05, 4.69) is 18.2 Å². The van der Waals surface area contributed by atoms with Gasteiger partial charge in [-0.2, -0.15) is 0 Å². The van der Waals surface area contributed by atoms with Crippen LogP contribution in [-0.2, 0) is 17.8 Å². The van der Waals surface area contributed by atoms with Crippen molar-refractivity contribution in [2.45, 2.75) is 32.4 Å². The molecule has 2 N–H and O–H groups in total. The molecule has 0 saturated carbocycles. The predicted molar refractivity (Wildman–Crippen MR) is 137 cm³/mol. The van der Waals surface area contributed by atoms with Gasteiger partial charge < -0.3 is 19.4 Å². The Hall–Kier alpha value is -3.32. The Balaban J connectivity index is 0.00000167. The second-order valence-electron chi connectivity index (χ2n) is 8.74. The van der Waals surface area contributed by atoms with Crippen LogP contribution in [0.5, 0.6) is 0 Å². The predicted octanol–water partition coefficient (Wildman–Crippen LogP) is 5.21. The molecular formula is C29H32FNO4. The van der Waals surface area contributed by atoms with Crippen molar-refractivity contribution in [2.75, 3.05) is 20.2 Å². The van der Waals surface area contributed by atoms with E-state index in [9.17, 15) is 9.90 Å². The summed E-state index contributed by atoms with van der Waals surface area (Å²) in [7, 11) is 1.00. The van der Waals surface area contributed by atoms with E-state index in [4.69, 9.17) is 9.52 Å². The van der Waals surface area contributed by atoms with Gasteiger partial charge in [0.25, 0.3) is 0 Å². The first-order valence-corrected chi connectivity index (χ1v) is 11.6. The largest absolute Gasteiger partial charge is 0.456 e. The minimum absolute atomic E-state index is 0.186. The number of nitrogens with zero attached hydrogens (tertiary/aromatic N) is 1. The molecular weight excluding hydrogens is 445 g/mol. The standard InChI is InChI=1S/C28H28FNO3.CH4O/c1-3-30(18-28(2,32)19-31)17-22-9-11-24(25(29)15-22)27-16-23-14-21(10-12-26(23)33-27)13-20-7-5-4-6-8-20;1-2/h4-12,14-16,19,32H,3,13,17-18H2,1-2H3;2H,1H3. The first kappa shape index (κ1) is 26.3. The van der Waals surface area contributed by atoms with Crippen LogP contribution in [0.4, 0.5) is 4.39 Å². The molecule has 184 valence electrons. The Morgan fingerprint density at radius 2 is 1.69 bits per heavy atom. The Morgan fingerprint density at radius 1 is 0.971 bits per heavy atom. The number of hydrogen-bond donors (Lipinski definition) is 2. The molecule has 3 aromatic carbocycles. The van der Waals surface area contributed by atoms with Crippen molar-refractivity contribution in [3.8, 4) is 11.3 Å². The number of likely N-dealkylation sites (N-methyl/N-ethyl adjacent to an activating group) is 1. The monoisotopic (exact) mass is 477 g/mol. The van der Waals surface area contributed by atoms with Crippen LogP contribution < -0.4 is 0 Å². The number of halogens is 1. The van der Waals surface area contributed by atoms with Crippen LogP contribution in [0.1, 0.15) is 30.5 Å². The lowest BCUT2D eigenvalue weighted by Crippen LogP contribution is -2.41. The van der Waals surface area contributed by atoms with Gasteiger partial charge in [-0.3, -0.25) is 4.90 Å². The summed E-state index contributed by atoms with van der Waals surface area (Å²) >= 11 is 0. The molecule has 1 atom stereocenters. The van der Waals surface area contributed by atoms with Gasteiger partial charge in [-0.25, -0.2) is 4.39 Å². The van der Waals surface area contributed by atoms with E-state index in [1.807, 2.05) is 54.3 Å². The molecule has 1 aromatic heterocycles. The fourth-order valence-electron chi connectivity index (χ4n) is 4.05. The highest BCUT2D eigenvalue weighted by Gasteiger charge is 2.23. The zero-order chi connectivity index (χ0) is 25.4. The van der Waals surface area contributed by atoms with Gasteiger partial charge in [0.05, 0.1) is 5.56 Å². The van der Waals surface area contributed by atoms with Crippen molar-refractivity contribution < 1.29 is 23.8 Å². The van der Waals surface area contributed by atoms with E-state index < -0.39 is 5.60 Å². The summed E-state index contributed by atoms with van der Waals surface area (Å²) in [5.74, 6) is 0.122. The van der Waals surface area contributed by atoms with Gasteiger partial charge in [0.2, 0.25) is 0 Å². The first-order valence-electron chi connectivity index (χ1n) is 11.6. The molecule has 1 unspecified atom stereocenters. The highest BCUT2D eigenvalue weighted by atomic mass is 19.1. The van der Waals surface area contributed by atoms with Crippen molar-refractivity contribution >= 4 is 17.3 Å². The minimum atomic E-state index is -1.43. The van der Waals surface area contributed by atoms with Gasteiger partial charge in [-0.1, -0.05) is 49.4 Å². The number of furan rings is 1. The van der Waals surface area contributed by atoms with E-state index in [-0.39, 0.29) is 12.4 Å². The van der Waals surface area contributed by atoms with Crippen LogP contribution in [0.25, 0.3) is 22.3 Å². The molecule has 0 bridgehead atoms. The van der Waals surface area contributed by atoms with Crippen molar-refractivity contribution in [3.63, 3.8) is 0 Å². The SMILES string of the molecule is CCN(Cc1ccc(-c2cc3cc(Cc4ccccc4)ccc3o2)c(F)c1)CC(C)(O)C=O.CO. The number of benzene rings is 3. The van der Waals surface area contributed by atoms with Gasteiger partial charge in [-0.05, 0) is 66.9 Å². The minimum Gasteiger partial charge on any atom is -0.456 e. The van der Waals surface area contributed by atoms with Crippen LogP contribution in [0, 0.1) is 5.82 Å². The Bertz CT molecular complexity index is 1250. The second kappa shape index (κ2) is 11.9. The molecule has 0 aliphatic rings. The Labute approximate surface area is 205 Å². The molecule has 1 heterocycles. The maximum absolute atomic E-state index is 15.0. The molecule has 0 spiro atoms. The number of carbonyl (C=O) groups excluding carboxylic acids is 1. The summed E-state index contributed by atoms with van der Waals surface area (Å²) < 4.78 is 20.9. The van der Waals surface area contributed by atoms with Gasteiger partial charge in [-0.15, -0.1) is 0 Å². The summed E-state index contributed by atoms with van der Waals surface area (Å²) in [4.78, 5) is 12.9. The number of fused-ring (bicyclic) bond motifs is 1. The molecule has 4 aromatic rings. The lowest BCUT2D eigenvalue weighted by molar-refractivity contribution is -0.124. The fourth-order valence-corrected chi connectivity index (χ4v) is 4.05. The molecule has 0 aliphatic heterocycles. The van der Waals surface area contributed by atoms with Gasteiger partial charge in [0.15, 0.2) is 6.29 Å². The Morgan fingerprint density at radius 3 is 2.34 bits per heavy atom. The number of carbonyl (C=O) groups is 1. The smallest absolute Gasteiger partial charge is 0.152 e. The molecule has 5 nitrogen and oxygen atoms in total. The van der Waals surface area contributed by atoms with Crippen molar-refractivity contribution in [1.29, 1.82) is 0 Å². The van der Waals surface area contributed by atoms with E-state index in [0.717, 1.165) is 30.1 Å². The highest BCUT2D eigenvalue weighted by Crippen LogP contribution is 2.31. The number of aliphatic hydroxyl groups excluding tert-OH is 1. The summed E-state index contributed by atoms with van der Waals surface area (Å²) in [5.41, 5.74) is 2.87. The number of hydrogen-bond acceptors (Lipinski definition) is 5. The van der Waals surface area contributed by atoms with Crippen molar-refractivity contribution in [3.05, 3.63) is 95.3 Å². The van der Waals surface area contributed by atoms with E-state index in [0.29, 0.717) is 30.7 Å². The maximum Gasteiger partial charge on any atom is 0.152 e. The first-order chi connectivity index (χ1) is 16.9. The van der Waals surface area contributed by atoms with Crippen molar-refractivity contribution in [1.82, 2.24) is 4.90 Å². The average Bonchev–Trinajstić information content (AvgIpc) is 3.28. The molecule has 6 heteroatoms. The van der Waals surface area contributed by atoms with Crippen LogP contribution in [0.15, 0.2) is 77.2 Å². The lowest BCUT2D eigenvalue weighted by atomic mass is 10.0. The molecule has 0 radical (unpaired) electrons. The van der Waals surface area contributed by atoms with Crippen molar-refractivity contribution in [2.24, 2.45) is 0 Å². The molecule has 0 aliphatic carbocycles. The molecule has 0 fully saturated rings. The number of aliphatic hydroxyl groups is 2. The third-order valence-corrected chi connectivity index (χ3v) is 5.78. The van der Waals surface area contributed by atoms with Crippen LogP contribution in [0.2, 0.25) is 0 Å². The van der Waals surface area contributed by atoms with Crippen LogP contribution >= 0.6 is 0 Å². The normalized spacial score (nSPS) is 12.8. The topological polar surface area (TPSA) is 73.9 Å². The third-order valence-electron chi connectivity index (χ3n) is 5.78. The highest BCUT2D eigenvalue weighted by molar-refractivity contribution is 5.83. The molecule has 0 saturated heterocycles. The number of rotatable bonds is 9. The van der Waals surface area contributed by atoms with Gasteiger partial charge >= 0.3 is 0 Å². The van der Waals surface area contributed by atoms with Crippen LogP contribution in [0.3, 0.4) is 0 Å². The van der Waals surface area contributed by atoms with Crippen LogP contribution in [-0.4, -0.2) is 47.2 Å². The quantitative estimate of drug-likeness (QED) is 0.324. The maximum atomic E-state index is 15.0. The summed E-state index contributed by atoms with van der Waals surface area (Å²) in [6.07, 6.45) is 1.36. The Kier molecular flexibility index (Phi) is 8.93. The second-order valence-corrected chi connectivity index (χ2v) is 8.74. The average molecular weight is 478 g/mol. The fraction of sp³-hybridized carbons (Fsp3) is 0.276. The van der Waals surface area contributed by atoms with Gasteiger partial charge in [0.1, 0.15) is 22.8 Å². The summed E-state index contributed by atoms with van der Waals surface area (Å²) in [6, 6.07) is 23.2. The zero-order valence-corrected chi connectivity index (χ0v) is 20.4. The number of aldehydes is 1. The van der Waals surface area contributed by atoms with E-state index in [1.54, 1.807) is 6.07 Å². The lowest BCUT2D eigenvalue weighted by Gasteiger charge is -2.27. The molecule has 4 rings (SSSR count). The zero-order valence-electron chi connectivity index (χ0n) is 20.4. The third kappa shape index (κ3) is 6.85.